The van der Waals surface area contributed by atoms with Crippen LogP contribution in [-0.2, 0) is 16.1 Å². The lowest BCUT2D eigenvalue weighted by atomic mass is 9.70. The van der Waals surface area contributed by atoms with E-state index in [0.29, 0.717) is 12.3 Å². The van der Waals surface area contributed by atoms with Gasteiger partial charge in [-0.25, -0.2) is 4.21 Å². The van der Waals surface area contributed by atoms with Gasteiger partial charge in [0, 0.05) is 6.42 Å². The van der Waals surface area contributed by atoms with Gasteiger partial charge >= 0.3 is 0 Å². The van der Waals surface area contributed by atoms with Crippen LogP contribution < -0.4 is 0 Å². The van der Waals surface area contributed by atoms with Crippen LogP contribution in [0.4, 0.5) is 0 Å². The Morgan fingerprint density at radius 2 is 2.21 bits per heavy atom. The van der Waals surface area contributed by atoms with Crippen molar-refractivity contribution in [2.75, 3.05) is 0 Å². The highest BCUT2D eigenvalue weighted by Crippen LogP contribution is 2.64. The number of carbonyl (C=O) groups excluding carboxylic acids is 1. The first-order chi connectivity index (χ1) is 6.46. The van der Waals surface area contributed by atoms with Crippen molar-refractivity contribution in [2.24, 2.45) is 16.7 Å². The maximum Gasteiger partial charge on any atom is 0.146 e. The number of fused-ring (bicyclic) bond motifs is 2. The highest BCUT2D eigenvalue weighted by atomic mass is 35.5. The van der Waals surface area contributed by atoms with Gasteiger partial charge in [0.1, 0.15) is 21.4 Å². The van der Waals surface area contributed by atoms with E-state index in [4.69, 9.17) is 11.6 Å². The minimum atomic E-state index is -0.633. The van der Waals surface area contributed by atoms with Crippen molar-refractivity contribution in [3.8, 4) is 0 Å². The van der Waals surface area contributed by atoms with Crippen molar-refractivity contribution in [3.63, 3.8) is 0 Å². The van der Waals surface area contributed by atoms with Crippen LogP contribution in [0.25, 0.3) is 0 Å². The molecule has 0 aromatic carbocycles. The lowest BCUT2D eigenvalue weighted by Crippen LogP contribution is -2.41. The normalized spacial score (nSPS) is 38.8. The molecule has 2 aliphatic rings. The van der Waals surface area contributed by atoms with Crippen LogP contribution in [0.5, 0.6) is 0 Å². The van der Waals surface area contributed by atoms with E-state index >= 15 is 0 Å². The first-order valence-corrected chi connectivity index (χ1v) is 5.95. The first kappa shape index (κ1) is 10.4. The Bertz CT molecular complexity index is 357. The van der Waals surface area contributed by atoms with E-state index in [1.165, 1.54) is 0 Å². The van der Waals surface area contributed by atoms with Gasteiger partial charge in [-0.2, -0.15) is 0 Å². The number of halogens is 1. The van der Waals surface area contributed by atoms with E-state index in [-0.39, 0.29) is 26.8 Å². The summed E-state index contributed by atoms with van der Waals surface area (Å²) in [7, 11) is 0. The molecule has 4 heteroatoms. The van der Waals surface area contributed by atoms with Gasteiger partial charge in [-0.3, -0.25) is 4.79 Å². The average molecular weight is 233 g/mol. The lowest BCUT2D eigenvalue weighted by molar-refractivity contribution is -0.125. The maximum absolute atomic E-state index is 11.9. The SMILES string of the molecule is CC1(C)C2CCC1(C(Cl)=S=O)C(=O)C2. The van der Waals surface area contributed by atoms with Crippen molar-refractivity contribution < 1.29 is 9.00 Å². The zero-order valence-corrected chi connectivity index (χ0v) is 9.87. The molecular formula is C10H13ClO2S. The molecule has 2 fully saturated rings. The highest BCUT2D eigenvalue weighted by molar-refractivity contribution is 7.70. The van der Waals surface area contributed by atoms with Gasteiger partial charge in [0.05, 0.1) is 5.41 Å². The molecule has 2 unspecified atom stereocenters. The van der Waals surface area contributed by atoms with Gasteiger partial charge < -0.3 is 0 Å². The smallest absolute Gasteiger partial charge is 0.146 e. The summed E-state index contributed by atoms with van der Waals surface area (Å²) in [6.07, 6.45) is 2.39. The topological polar surface area (TPSA) is 34.1 Å². The fraction of sp³-hybridized carbons (Fsp3) is 0.800. The Kier molecular flexibility index (Phi) is 2.16. The fourth-order valence-corrected chi connectivity index (χ4v) is 4.27. The van der Waals surface area contributed by atoms with E-state index in [9.17, 15) is 9.00 Å². The minimum Gasteiger partial charge on any atom is -0.299 e. The summed E-state index contributed by atoms with van der Waals surface area (Å²) >= 11 is 6.27. The molecule has 14 heavy (non-hydrogen) atoms. The standard InChI is InChI=1S/C10H13ClO2S/c1-9(2)6-3-4-10(9,7(12)5-6)8(11)14-13/h6H,3-5H2,1-2H3. The molecule has 0 aromatic heterocycles. The van der Waals surface area contributed by atoms with Gasteiger partial charge in [-0.15, -0.1) is 0 Å². The molecule has 0 heterocycles. The molecule has 0 amide bonds. The summed E-state index contributed by atoms with van der Waals surface area (Å²) in [4.78, 5) is 11.9. The molecule has 0 spiro atoms. The Labute approximate surface area is 92.1 Å². The average Bonchev–Trinajstić information content (AvgIpc) is 2.49. The van der Waals surface area contributed by atoms with Crippen LogP contribution in [0.2, 0.25) is 0 Å². The molecule has 0 N–H and O–H groups in total. The number of ketones is 1. The molecule has 2 rings (SSSR count). The largest absolute Gasteiger partial charge is 0.299 e. The second kappa shape index (κ2) is 2.92. The van der Waals surface area contributed by atoms with Crippen molar-refractivity contribution in [1.82, 2.24) is 0 Å². The van der Waals surface area contributed by atoms with Gasteiger partial charge in [-0.05, 0) is 24.2 Å². The zero-order valence-electron chi connectivity index (χ0n) is 8.30. The monoisotopic (exact) mass is 232 g/mol. The molecular weight excluding hydrogens is 220 g/mol. The third-order valence-electron chi connectivity index (χ3n) is 4.30. The second-order valence-corrected chi connectivity index (χ2v) is 6.02. The molecule has 0 saturated heterocycles. The molecule has 0 aromatic rings. The number of rotatable bonds is 1. The van der Waals surface area contributed by atoms with E-state index in [1.807, 2.05) is 0 Å². The van der Waals surface area contributed by atoms with E-state index in [0.717, 1.165) is 12.8 Å². The molecule has 0 aliphatic heterocycles. The molecule has 2 aliphatic carbocycles. The predicted octanol–water partition coefficient (Wildman–Crippen LogP) is 1.96. The van der Waals surface area contributed by atoms with Gasteiger partial charge in [0.15, 0.2) is 0 Å². The highest BCUT2D eigenvalue weighted by Gasteiger charge is 2.66. The quantitative estimate of drug-likeness (QED) is 0.512. The molecule has 78 valence electrons. The zero-order chi connectivity index (χ0) is 10.6. The first-order valence-electron chi connectivity index (χ1n) is 4.83. The summed E-state index contributed by atoms with van der Waals surface area (Å²) in [5.74, 6) is 0.586. The predicted molar refractivity (Wildman–Crippen MR) is 57.6 cm³/mol. The van der Waals surface area contributed by atoms with Crippen LogP contribution in [-0.4, -0.2) is 14.3 Å². The molecule has 2 nitrogen and oxygen atoms in total. The number of hydrogen-bond acceptors (Lipinski definition) is 2. The van der Waals surface area contributed by atoms with Crippen molar-refractivity contribution in [2.45, 2.75) is 33.1 Å². The Hall–Kier alpha value is -0.150. The Morgan fingerprint density at radius 1 is 1.57 bits per heavy atom. The van der Waals surface area contributed by atoms with Gasteiger partial charge in [-0.1, -0.05) is 25.4 Å². The second-order valence-electron chi connectivity index (χ2n) is 4.85. The van der Waals surface area contributed by atoms with Crippen LogP contribution in [0.1, 0.15) is 33.1 Å². The maximum atomic E-state index is 11.9. The van der Waals surface area contributed by atoms with Crippen LogP contribution in [0.3, 0.4) is 0 Å². The van der Waals surface area contributed by atoms with Gasteiger partial charge in [0.25, 0.3) is 0 Å². The van der Waals surface area contributed by atoms with Crippen LogP contribution in [0.15, 0.2) is 0 Å². The molecule has 0 radical (unpaired) electrons. The van der Waals surface area contributed by atoms with Crippen molar-refractivity contribution in [1.29, 1.82) is 0 Å². The number of hydrogen-bond donors (Lipinski definition) is 0. The third kappa shape index (κ3) is 0.924. The minimum absolute atomic E-state index is 0.126. The Morgan fingerprint density at radius 3 is 2.57 bits per heavy atom. The lowest BCUT2D eigenvalue weighted by Gasteiger charge is -2.34. The van der Waals surface area contributed by atoms with Gasteiger partial charge in [0.2, 0.25) is 0 Å². The summed E-state index contributed by atoms with van der Waals surface area (Å²) in [6.45, 7) is 4.13. The van der Waals surface area contributed by atoms with E-state index < -0.39 is 5.41 Å². The van der Waals surface area contributed by atoms with Crippen molar-refractivity contribution in [3.05, 3.63) is 0 Å². The van der Waals surface area contributed by atoms with Crippen LogP contribution in [0, 0.1) is 16.7 Å². The fourth-order valence-electron chi connectivity index (χ4n) is 3.21. The third-order valence-corrected chi connectivity index (χ3v) is 5.31. The molecule has 2 bridgehead atoms. The van der Waals surface area contributed by atoms with Crippen molar-refractivity contribution >= 4 is 33.0 Å². The van der Waals surface area contributed by atoms with E-state index in [2.05, 4.69) is 13.8 Å². The molecule has 2 atom stereocenters. The number of Topliss-reactive ketones (excluding diaryl/α,β-unsaturated/α-hetero) is 1. The van der Waals surface area contributed by atoms with Crippen LogP contribution >= 0.6 is 11.6 Å². The number of carbonyl (C=O) groups is 1. The summed E-state index contributed by atoms with van der Waals surface area (Å²) < 4.78 is 11.1. The Balaban J connectivity index is 2.61. The van der Waals surface area contributed by atoms with E-state index in [1.54, 1.807) is 0 Å². The summed E-state index contributed by atoms with van der Waals surface area (Å²) in [5, 5.41) is 0. The molecule has 2 saturated carbocycles. The summed E-state index contributed by atoms with van der Waals surface area (Å²) in [6, 6.07) is 0. The summed E-state index contributed by atoms with van der Waals surface area (Å²) in [5.41, 5.74) is -0.760.